The molecule has 0 radical (unpaired) electrons. The zero-order valence-electron chi connectivity index (χ0n) is 10.1. The molecule has 1 aliphatic rings. The smallest absolute Gasteiger partial charge is 0.287 e. The number of nitrogens with zero attached hydrogens (tertiary/aromatic N) is 4. The highest BCUT2D eigenvalue weighted by Gasteiger charge is 2.35. The van der Waals surface area contributed by atoms with E-state index in [1.165, 1.54) is 11.8 Å². The van der Waals surface area contributed by atoms with E-state index < -0.39 is 6.10 Å². The lowest BCUT2D eigenvalue weighted by Crippen LogP contribution is -2.58. The molecular formula is C9H13N5O5. The molecule has 10 nitrogen and oxygen atoms in total. The maximum atomic E-state index is 11.4. The largest absolute Gasteiger partial charge is 0.467 e. The molecule has 10 heteroatoms. The summed E-state index contributed by atoms with van der Waals surface area (Å²) in [5.74, 6) is -0.660. The summed E-state index contributed by atoms with van der Waals surface area (Å²) in [4.78, 5) is 12.8. The quantitative estimate of drug-likeness (QED) is 0.250. The van der Waals surface area contributed by atoms with E-state index >= 15 is 0 Å². The molecule has 1 aromatic rings. The van der Waals surface area contributed by atoms with Crippen molar-refractivity contribution in [2.75, 3.05) is 13.1 Å². The van der Waals surface area contributed by atoms with Crippen LogP contribution < -0.4 is 10.5 Å². The molecule has 1 fully saturated rings. The predicted octanol–water partition coefficient (Wildman–Crippen LogP) is -1.87. The molecule has 2 rings (SSSR count). The fourth-order valence-corrected chi connectivity index (χ4v) is 1.58. The number of aromatic nitrogens is 2. The van der Waals surface area contributed by atoms with Crippen LogP contribution in [-0.2, 0) is 4.79 Å². The Labute approximate surface area is 107 Å². The van der Waals surface area contributed by atoms with Crippen molar-refractivity contribution in [2.45, 2.75) is 19.1 Å². The van der Waals surface area contributed by atoms with Gasteiger partial charge < -0.3 is 25.7 Å². The molecule has 0 aromatic carbocycles. The Morgan fingerprint density at radius 1 is 1.63 bits per heavy atom. The standard InChI is InChI=1S/C9H13N5O5/c1-4(15)9(16)14-2-5(3-14)18-8-6(7(10)11-17)12-19-13-8/h4-5,15,17H,2-3H2,1H3,(H2,10,11)/t4-/m1/s1. The second-order valence-electron chi connectivity index (χ2n) is 4.06. The minimum Gasteiger partial charge on any atom is -0.467 e. The van der Waals surface area contributed by atoms with E-state index in [9.17, 15) is 4.79 Å². The van der Waals surface area contributed by atoms with E-state index in [4.69, 9.17) is 20.8 Å². The average molecular weight is 271 g/mol. The van der Waals surface area contributed by atoms with Gasteiger partial charge in [0.25, 0.3) is 11.8 Å². The number of rotatable bonds is 4. The van der Waals surface area contributed by atoms with Crippen LogP contribution in [-0.4, -0.2) is 62.6 Å². The Bertz CT molecular complexity index is 493. The minimum atomic E-state index is -1.04. The van der Waals surface area contributed by atoms with Gasteiger partial charge >= 0.3 is 0 Å². The molecule has 0 saturated carbocycles. The maximum absolute atomic E-state index is 11.4. The van der Waals surface area contributed by atoms with Gasteiger partial charge in [-0.3, -0.25) is 4.79 Å². The normalized spacial score (nSPS) is 18.0. The van der Waals surface area contributed by atoms with Crippen molar-refractivity contribution in [3.05, 3.63) is 5.69 Å². The number of amides is 1. The molecule has 1 saturated heterocycles. The topological polar surface area (TPSA) is 147 Å². The van der Waals surface area contributed by atoms with Crippen LogP contribution in [0.1, 0.15) is 12.6 Å². The first-order valence-corrected chi connectivity index (χ1v) is 5.47. The summed E-state index contributed by atoms with van der Waals surface area (Å²) in [5.41, 5.74) is 5.34. The number of hydrogen-bond acceptors (Lipinski definition) is 8. The van der Waals surface area contributed by atoms with Gasteiger partial charge in [0.15, 0.2) is 5.84 Å². The van der Waals surface area contributed by atoms with E-state index in [0.717, 1.165) is 0 Å². The van der Waals surface area contributed by atoms with Crippen molar-refractivity contribution in [1.82, 2.24) is 15.2 Å². The number of nitrogens with two attached hydrogens (primary N) is 1. The van der Waals surface area contributed by atoms with E-state index in [1.807, 2.05) is 0 Å². The lowest BCUT2D eigenvalue weighted by Gasteiger charge is -2.38. The van der Waals surface area contributed by atoms with E-state index in [2.05, 4.69) is 20.1 Å². The Morgan fingerprint density at radius 3 is 2.89 bits per heavy atom. The third-order valence-corrected chi connectivity index (χ3v) is 2.60. The zero-order valence-corrected chi connectivity index (χ0v) is 10.1. The number of carbonyl (C=O) groups excluding carboxylic acids is 1. The van der Waals surface area contributed by atoms with Crippen LogP contribution in [0.3, 0.4) is 0 Å². The summed E-state index contributed by atoms with van der Waals surface area (Å²) in [7, 11) is 0. The molecule has 1 amide bonds. The van der Waals surface area contributed by atoms with Gasteiger partial charge in [-0.05, 0) is 17.2 Å². The van der Waals surface area contributed by atoms with Gasteiger partial charge in [-0.2, -0.15) is 0 Å². The number of carbonyl (C=O) groups is 1. The second-order valence-corrected chi connectivity index (χ2v) is 4.06. The molecule has 4 N–H and O–H groups in total. The molecule has 104 valence electrons. The average Bonchev–Trinajstić information content (AvgIpc) is 2.79. The number of aliphatic hydroxyl groups excluding tert-OH is 1. The van der Waals surface area contributed by atoms with Crippen LogP contribution in [0.15, 0.2) is 9.78 Å². The van der Waals surface area contributed by atoms with Crippen molar-refractivity contribution in [1.29, 1.82) is 0 Å². The predicted molar refractivity (Wildman–Crippen MR) is 59.5 cm³/mol. The number of ether oxygens (including phenoxy) is 1. The van der Waals surface area contributed by atoms with Crippen molar-refractivity contribution in [3.63, 3.8) is 0 Å². The van der Waals surface area contributed by atoms with Gasteiger partial charge in [0.2, 0.25) is 5.69 Å². The minimum absolute atomic E-state index is 0.00977. The Morgan fingerprint density at radius 2 is 2.32 bits per heavy atom. The molecule has 2 heterocycles. The van der Waals surface area contributed by atoms with E-state index in [1.54, 1.807) is 0 Å². The maximum Gasteiger partial charge on any atom is 0.287 e. The zero-order chi connectivity index (χ0) is 14.0. The lowest BCUT2D eigenvalue weighted by molar-refractivity contribution is -0.148. The van der Waals surface area contributed by atoms with Crippen molar-refractivity contribution in [3.8, 4) is 5.88 Å². The summed E-state index contributed by atoms with van der Waals surface area (Å²) in [6, 6.07) is 0. The first-order valence-electron chi connectivity index (χ1n) is 5.47. The van der Waals surface area contributed by atoms with Gasteiger partial charge in [0.1, 0.15) is 12.2 Å². The molecule has 0 bridgehead atoms. The molecule has 0 aliphatic carbocycles. The number of aliphatic hydroxyl groups is 1. The van der Waals surface area contributed by atoms with Crippen molar-refractivity contribution in [2.24, 2.45) is 10.9 Å². The molecule has 1 aliphatic heterocycles. The highest BCUT2D eigenvalue weighted by atomic mass is 16.6. The number of amidine groups is 1. The lowest BCUT2D eigenvalue weighted by atomic mass is 10.1. The SMILES string of the molecule is C[C@@H](O)C(=O)N1CC(Oc2nonc2/C(N)=N/O)C1. The number of likely N-dealkylation sites (tertiary alicyclic amines) is 1. The third-order valence-electron chi connectivity index (χ3n) is 2.60. The van der Waals surface area contributed by atoms with Crippen LogP contribution in [0.25, 0.3) is 0 Å². The van der Waals surface area contributed by atoms with Crippen LogP contribution in [0, 0.1) is 0 Å². The van der Waals surface area contributed by atoms with Gasteiger partial charge in [-0.25, -0.2) is 4.63 Å². The van der Waals surface area contributed by atoms with Gasteiger partial charge in [-0.15, -0.1) is 0 Å². The fourth-order valence-electron chi connectivity index (χ4n) is 1.58. The van der Waals surface area contributed by atoms with Crippen LogP contribution in [0.2, 0.25) is 0 Å². The molecule has 1 atom stereocenters. The molecule has 19 heavy (non-hydrogen) atoms. The monoisotopic (exact) mass is 271 g/mol. The molecular weight excluding hydrogens is 258 g/mol. The Balaban J connectivity index is 1.92. The molecule has 0 spiro atoms. The third kappa shape index (κ3) is 2.57. The second kappa shape index (κ2) is 5.10. The van der Waals surface area contributed by atoms with Gasteiger partial charge in [0, 0.05) is 0 Å². The fraction of sp³-hybridized carbons (Fsp3) is 0.556. The van der Waals surface area contributed by atoms with Crippen molar-refractivity contribution < 1.29 is 24.5 Å². The van der Waals surface area contributed by atoms with Crippen molar-refractivity contribution >= 4 is 11.7 Å². The summed E-state index contributed by atoms with van der Waals surface area (Å²) < 4.78 is 9.82. The highest BCUT2D eigenvalue weighted by molar-refractivity contribution is 5.96. The summed E-state index contributed by atoms with van der Waals surface area (Å²) in [6.07, 6.45) is -1.35. The van der Waals surface area contributed by atoms with Gasteiger partial charge in [0.05, 0.1) is 13.1 Å². The van der Waals surface area contributed by atoms with E-state index in [0.29, 0.717) is 13.1 Å². The number of oxime groups is 1. The first-order chi connectivity index (χ1) is 9.02. The number of hydrogen-bond donors (Lipinski definition) is 3. The highest BCUT2D eigenvalue weighted by Crippen LogP contribution is 2.19. The summed E-state index contributed by atoms with van der Waals surface area (Å²) >= 11 is 0. The molecule has 1 aromatic heterocycles. The van der Waals surface area contributed by atoms with Crippen LogP contribution in [0.5, 0.6) is 5.88 Å². The first kappa shape index (κ1) is 13.1. The van der Waals surface area contributed by atoms with E-state index in [-0.39, 0.29) is 29.4 Å². The summed E-state index contributed by atoms with van der Waals surface area (Å²) in [5, 5.41) is 27.3. The summed E-state index contributed by atoms with van der Waals surface area (Å²) in [6.45, 7) is 2.02. The molecule has 0 unspecified atom stereocenters. The van der Waals surface area contributed by atoms with Crippen LogP contribution in [0.4, 0.5) is 0 Å². The van der Waals surface area contributed by atoms with Crippen LogP contribution >= 0.6 is 0 Å². The Kier molecular flexibility index (Phi) is 3.51. The Hall–Kier alpha value is -2.36. The van der Waals surface area contributed by atoms with Gasteiger partial charge in [-0.1, -0.05) is 5.16 Å².